The molecule has 1 N–H and O–H groups in total. The second kappa shape index (κ2) is 3.48. The molecule has 88 valence electrons. The summed E-state index contributed by atoms with van der Waals surface area (Å²) in [5.74, 6) is 0.137. The highest BCUT2D eigenvalue weighted by molar-refractivity contribution is 6.30. The van der Waals surface area contributed by atoms with Gasteiger partial charge in [-0.25, -0.2) is 9.97 Å². The second-order valence-corrected chi connectivity index (χ2v) is 4.44. The average molecular weight is 252 g/mol. The molecule has 1 aliphatic rings. The highest BCUT2D eigenvalue weighted by Crippen LogP contribution is 2.38. The summed E-state index contributed by atoms with van der Waals surface area (Å²) in [6, 6.07) is 0. The van der Waals surface area contributed by atoms with Gasteiger partial charge in [0.2, 0.25) is 5.95 Å². The Balaban J connectivity index is 2.22. The second-order valence-electron chi connectivity index (χ2n) is 4.08. The van der Waals surface area contributed by atoms with Gasteiger partial charge in [-0.2, -0.15) is 13.2 Å². The molecule has 0 unspecified atom stereocenters. The maximum absolute atomic E-state index is 12.3. The molecule has 1 saturated carbocycles. The molecule has 2 rings (SSSR count). The maximum atomic E-state index is 12.3. The van der Waals surface area contributed by atoms with Gasteiger partial charge in [-0.3, -0.25) is 0 Å². The minimum Gasteiger partial charge on any atom is -0.349 e. The molecule has 1 fully saturated rings. The number of rotatable bonds is 2. The number of nitrogens with one attached hydrogen (secondary N) is 1. The number of anilines is 1. The van der Waals surface area contributed by atoms with Gasteiger partial charge in [0.1, 0.15) is 10.7 Å². The molecule has 0 bridgehead atoms. The van der Waals surface area contributed by atoms with Crippen LogP contribution in [0.1, 0.15) is 25.3 Å². The van der Waals surface area contributed by atoms with Crippen molar-refractivity contribution in [3.63, 3.8) is 0 Å². The van der Waals surface area contributed by atoms with Crippen molar-refractivity contribution in [1.29, 1.82) is 0 Å². The van der Waals surface area contributed by atoms with Gasteiger partial charge in [-0.05, 0) is 19.8 Å². The van der Waals surface area contributed by atoms with Gasteiger partial charge >= 0.3 is 6.18 Å². The van der Waals surface area contributed by atoms with E-state index >= 15 is 0 Å². The van der Waals surface area contributed by atoms with Crippen LogP contribution in [-0.2, 0) is 6.18 Å². The van der Waals surface area contributed by atoms with E-state index in [0.717, 1.165) is 12.8 Å². The molecule has 1 aromatic heterocycles. The third-order valence-corrected chi connectivity index (χ3v) is 2.75. The number of aromatic nitrogens is 2. The first-order valence-corrected chi connectivity index (χ1v) is 5.06. The quantitative estimate of drug-likeness (QED) is 0.821. The first kappa shape index (κ1) is 11.4. The van der Waals surface area contributed by atoms with Crippen molar-refractivity contribution in [3.8, 4) is 0 Å². The third kappa shape index (κ3) is 2.37. The lowest BCUT2D eigenvalue weighted by Gasteiger charge is -2.13. The van der Waals surface area contributed by atoms with Crippen LogP contribution in [0.5, 0.6) is 0 Å². The molecule has 0 radical (unpaired) electrons. The fraction of sp³-hybridized carbons (Fsp3) is 0.556. The Morgan fingerprint density at radius 1 is 1.44 bits per heavy atom. The monoisotopic (exact) mass is 251 g/mol. The van der Waals surface area contributed by atoms with Gasteiger partial charge in [0.05, 0.1) is 0 Å². The third-order valence-electron chi connectivity index (χ3n) is 2.46. The molecule has 1 aliphatic carbocycles. The molecule has 0 amide bonds. The van der Waals surface area contributed by atoms with Gasteiger partial charge in [-0.1, -0.05) is 11.6 Å². The standard InChI is InChI=1S/C9H9ClF3N3/c1-8(2-3-8)16-7-14-4-5(6(10)15-7)9(11,12)13/h4H,2-3H2,1H3,(H,14,15,16). The van der Waals surface area contributed by atoms with Crippen LogP contribution in [0.4, 0.5) is 19.1 Å². The number of hydrogen-bond acceptors (Lipinski definition) is 3. The predicted octanol–water partition coefficient (Wildman–Crippen LogP) is 3.11. The number of halogens is 4. The fourth-order valence-corrected chi connectivity index (χ4v) is 1.43. The summed E-state index contributed by atoms with van der Waals surface area (Å²) in [4.78, 5) is 7.19. The van der Waals surface area contributed by atoms with Gasteiger partial charge in [0.15, 0.2) is 0 Å². The van der Waals surface area contributed by atoms with Crippen LogP contribution in [0.2, 0.25) is 5.15 Å². The Bertz CT molecular complexity index is 415. The van der Waals surface area contributed by atoms with Crippen molar-refractivity contribution in [1.82, 2.24) is 9.97 Å². The van der Waals surface area contributed by atoms with Crippen molar-refractivity contribution in [2.75, 3.05) is 5.32 Å². The maximum Gasteiger partial charge on any atom is 0.420 e. The van der Waals surface area contributed by atoms with Crippen LogP contribution in [0, 0.1) is 0 Å². The first-order valence-electron chi connectivity index (χ1n) is 4.68. The molecule has 0 aromatic carbocycles. The highest BCUT2D eigenvalue weighted by atomic mass is 35.5. The first-order chi connectivity index (χ1) is 7.30. The topological polar surface area (TPSA) is 37.8 Å². The van der Waals surface area contributed by atoms with Crippen molar-refractivity contribution in [2.45, 2.75) is 31.5 Å². The van der Waals surface area contributed by atoms with E-state index < -0.39 is 16.9 Å². The Kier molecular flexibility index (Phi) is 2.49. The SMILES string of the molecule is CC1(Nc2ncc(C(F)(F)F)c(Cl)n2)CC1. The van der Waals surface area contributed by atoms with Crippen molar-refractivity contribution >= 4 is 17.5 Å². The van der Waals surface area contributed by atoms with E-state index in [1.54, 1.807) is 0 Å². The number of hydrogen-bond donors (Lipinski definition) is 1. The lowest BCUT2D eigenvalue weighted by atomic mass is 10.3. The summed E-state index contributed by atoms with van der Waals surface area (Å²) in [5, 5.41) is 2.36. The summed E-state index contributed by atoms with van der Waals surface area (Å²) in [5.41, 5.74) is -1.11. The van der Waals surface area contributed by atoms with E-state index in [1.165, 1.54) is 0 Å². The minimum absolute atomic E-state index is 0.0942. The summed E-state index contributed by atoms with van der Waals surface area (Å²) in [7, 11) is 0. The smallest absolute Gasteiger partial charge is 0.349 e. The lowest BCUT2D eigenvalue weighted by molar-refractivity contribution is -0.137. The van der Waals surface area contributed by atoms with Crippen LogP contribution in [0.15, 0.2) is 6.20 Å². The van der Waals surface area contributed by atoms with E-state index in [-0.39, 0.29) is 11.5 Å². The Labute approximate surface area is 95.0 Å². The average Bonchev–Trinajstić information content (AvgIpc) is 2.80. The van der Waals surface area contributed by atoms with Crippen LogP contribution >= 0.6 is 11.6 Å². The molecule has 0 atom stereocenters. The number of alkyl halides is 3. The molecule has 0 saturated heterocycles. The van der Waals surface area contributed by atoms with Crippen LogP contribution in [0.25, 0.3) is 0 Å². The van der Waals surface area contributed by atoms with E-state index in [4.69, 9.17) is 11.6 Å². The molecule has 1 aromatic rings. The van der Waals surface area contributed by atoms with Crippen LogP contribution in [0.3, 0.4) is 0 Å². The Hall–Kier alpha value is -1.04. The lowest BCUT2D eigenvalue weighted by Crippen LogP contribution is -2.19. The normalized spacial score (nSPS) is 18.3. The Morgan fingerprint density at radius 2 is 2.06 bits per heavy atom. The predicted molar refractivity (Wildman–Crippen MR) is 53.3 cm³/mol. The summed E-state index contributed by atoms with van der Waals surface area (Å²) in [6.45, 7) is 1.95. The summed E-state index contributed by atoms with van der Waals surface area (Å²) in [6.07, 6.45) is -1.91. The minimum atomic E-state index is -4.51. The Morgan fingerprint density at radius 3 is 2.50 bits per heavy atom. The fourth-order valence-electron chi connectivity index (χ4n) is 1.19. The van der Waals surface area contributed by atoms with Gasteiger partial charge in [-0.15, -0.1) is 0 Å². The molecular formula is C9H9ClF3N3. The summed E-state index contributed by atoms with van der Waals surface area (Å²) >= 11 is 5.45. The number of nitrogens with zero attached hydrogens (tertiary/aromatic N) is 2. The van der Waals surface area contributed by atoms with Gasteiger partial charge in [0, 0.05) is 11.7 Å². The van der Waals surface area contributed by atoms with Crippen LogP contribution in [-0.4, -0.2) is 15.5 Å². The molecule has 1 heterocycles. The summed E-state index contributed by atoms with van der Waals surface area (Å²) < 4.78 is 37.0. The molecule has 7 heteroatoms. The van der Waals surface area contributed by atoms with Gasteiger partial charge in [0.25, 0.3) is 0 Å². The zero-order chi connectivity index (χ0) is 12.0. The van der Waals surface area contributed by atoms with Crippen molar-refractivity contribution in [3.05, 3.63) is 16.9 Å². The molecular weight excluding hydrogens is 243 g/mol. The van der Waals surface area contributed by atoms with Crippen molar-refractivity contribution in [2.24, 2.45) is 0 Å². The van der Waals surface area contributed by atoms with E-state index in [9.17, 15) is 13.2 Å². The molecule has 0 aliphatic heterocycles. The zero-order valence-corrected chi connectivity index (χ0v) is 9.15. The molecule has 16 heavy (non-hydrogen) atoms. The molecule has 3 nitrogen and oxygen atoms in total. The zero-order valence-electron chi connectivity index (χ0n) is 8.40. The van der Waals surface area contributed by atoms with Crippen molar-refractivity contribution < 1.29 is 13.2 Å². The van der Waals surface area contributed by atoms with E-state index in [1.807, 2.05) is 6.92 Å². The highest BCUT2D eigenvalue weighted by Gasteiger charge is 2.39. The molecule has 0 spiro atoms. The van der Waals surface area contributed by atoms with Crippen LogP contribution < -0.4 is 5.32 Å². The largest absolute Gasteiger partial charge is 0.420 e. The van der Waals surface area contributed by atoms with E-state index in [2.05, 4.69) is 15.3 Å². The van der Waals surface area contributed by atoms with Gasteiger partial charge < -0.3 is 5.32 Å². The van der Waals surface area contributed by atoms with E-state index in [0.29, 0.717) is 6.20 Å².